The second-order valence-electron chi connectivity index (χ2n) is 8.89. The Labute approximate surface area is 182 Å². The summed E-state index contributed by atoms with van der Waals surface area (Å²) in [4.78, 5) is 36.0. The van der Waals surface area contributed by atoms with Crippen LogP contribution < -0.4 is 16.1 Å². The molecule has 0 N–H and O–H groups in total. The number of aryl methyl sites for hydroxylation is 2. The number of anilines is 1. The Morgan fingerprint density at radius 1 is 1.12 bits per heavy atom. The minimum absolute atomic E-state index is 0.231. The van der Waals surface area contributed by atoms with Crippen LogP contribution in [0.3, 0.4) is 0 Å². The molecule has 2 fully saturated rings. The Bertz CT molecular complexity index is 1460. The van der Waals surface area contributed by atoms with Crippen LogP contribution in [0, 0.1) is 18.8 Å². The highest BCUT2D eigenvalue weighted by Gasteiger charge is 2.58. The van der Waals surface area contributed by atoms with E-state index < -0.39 is 11.2 Å². The lowest BCUT2D eigenvalue weighted by Gasteiger charge is -2.21. The van der Waals surface area contributed by atoms with Crippen molar-refractivity contribution in [3.63, 3.8) is 0 Å². The number of fused-ring (bicyclic) bond motifs is 2. The largest absolute Gasteiger partial charge is 0.371 e. The summed E-state index contributed by atoms with van der Waals surface area (Å²) < 4.78 is 9.59. The maximum absolute atomic E-state index is 12.6. The van der Waals surface area contributed by atoms with Crippen LogP contribution in [0.2, 0.25) is 0 Å². The van der Waals surface area contributed by atoms with Crippen LogP contribution >= 0.6 is 0 Å². The van der Waals surface area contributed by atoms with Gasteiger partial charge >= 0.3 is 5.69 Å². The van der Waals surface area contributed by atoms with Crippen molar-refractivity contribution in [2.45, 2.75) is 19.4 Å². The molecular weight excluding hydrogens is 410 g/mol. The quantitative estimate of drug-likeness (QED) is 0.473. The number of imidazole rings is 1. The van der Waals surface area contributed by atoms with Crippen LogP contribution in [-0.4, -0.2) is 41.9 Å². The number of hydrogen-bond acceptors (Lipinski definition) is 7. The standard InChI is InChI=1S/C22H23N7O3/c1-12-5-4-6-13(7-12)28-8-14-15(9-28)17(14)19-24-16(32-25-19)10-29-11-23-20-18(29)21(30)27(3)22(31)26(20)2/h4-7,11,14-15,17H,8-10H2,1-3H3/t14-,15+,17?. The van der Waals surface area contributed by atoms with E-state index >= 15 is 0 Å². The van der Waals surface area contributed by atoms with Gasteiger partial charge in [-0.15, -0.1) is 0 Å². The lowest BCUT2D eigenvalue weighted by molar-refractivity contribution is 0.366. The van der Waals surface area contributed by atoms with Gasteiger partial charge in [-0.3, -0.25) is 13.9 Å². The fourth-order valence-electron chi connectivity index (χ4n) is 5.08. The van der Waals surface area contributed by atoms with Crippen LogP contribution in [0.5, 0.6) is 0 Å². The van der Waals surface area contributed by atoms with Crippen LogP contribution in [0.15, 0.2) is 44.7 Å². The summed E-state index contributed by atoms with van der Waals surface area (Å²) in [5.74, 6) is 2.56. The normalized spacial score (nSPS) is 22.0. The van der Waals surface area contributed by atoms with Crippen molar-refractivity contribution in [1.29, 1.82) is 0 Å². The first kappa shape index (κ1) is 19.0. The van der Waals surface area contributed by atoms with Gasteiger partial charge in [-0.25, -0.2) is 9.78 Å². The predicted octanol–water partition coefficient (Wildman–Crippen LogP) is 1.02. The van der Waals surface area contributed by atoms with E-state index in [1.807, 2.05) is 0 Å². The first-order chi connectivity index (χ1) is 15.4. The number of aromatic nitrogens is 6. The van der Waals surface area contributed by atoms with E-state index in [2.05, 4.69) is 51.2 Å². The van der Waals surface area contributed by atoms with E-state index in [0.29, 0.717) is 34.8 Å². The van der Waals surface area contributed by atoms with Gasteiger partial charge in [0.15, 0.2) is 17.0 Å². The third kappa shape index (κ3) is 2.75. The molecule has 1 saturated heterocycles. The van der Waals surface area contributed by atoms with Gasteiger partial charge in [0.25, 0.3) is 5.56 Å². The summed E-state index contributed by atoms with van der Waals surface area (Å²) in [7, 11) is 3.05. The van der Waals surface area contributed by atoms with Crippen molar-refractivity contribution in [1.82, 2.24) is 28.8 Å². The average molecular weight is 433 g/mol. The molecule has 10 heteroatoms. The second-order valence-corrected chi connectivity index (χ2v) is 8.89. The molecule has 2 aliphatic rings. The molecule has 3 aromatic heterocycles. The number of nitrogens with zero attached hydrogens (tertiary/aromatic N) is 7. The first-order valence-electron chi connectivity index (χ1n) is 10.7. The zero-order valence-corrected chi connectivity index (χ0v) is 18.1. The molecule has 164 valence electrons. The molecule has 0 bridgehead atoms. The third-order valence-corrected chi connectivity index (χ3v) is 6.87. The van der Waals surface area contributed by atoms with E-state index in [1.165, 1.54) is 29.2 Å². The van der Waals surface area contributed by atoms with Crippen LogP contribution in [0.1, 0.15) is 23.2 Å². The molecule has 3 atom stereocenters. The Morgan fingerprint density at radius 2 is 1.91 bits per heavy atom. The Hall–Kier alpha value is -3.69. The summed E-state index contributed by atoms with van der Waals surface area (Å²) >= 11 is 0. The molecule has 1 aromatic carbocycles. The summed E-state index contributed by atoms with van der Waals surface area (Å²) in [5.41, 5.74) is 2.41. The van der Waals surface area contributed by atoms with Gasteiger partial charge in [0.2, 0.25) is 5.89 Å². The average Bonchev–Trinajstić information content (AvgIpc) is 3.23. The molecule has 4 heterocycles. The fourth-order valence-corrected chi connectivity index (χ4v) is 5.08. The van der Waals surface area contributed by atoms with Crippen molar-refractivity contribution >= 4 is 16.9 Å². The molecule has 0 spiro atoms. The van der Waals surface area contributed by atoms with Gasteiger partial charge < -0.3 is 14.0 Å². The summed E-state index contributed by atoms with van der Waals surface area (Å²) in [6.07, 6.45) is 1.53. The van der Waals surface area contributed by atoms with Crippen molar-refractivity contribution in [2.24, 2.45) is 25.9 Å². The molecule has 32 heavy (non-hydrogen) atoms. The molecule has 10 nitrogen and oxygen atoms in total. The third-order valence-electron chi connectivity index (χ3n) is 6.87. The van der Waals surface area contributed by atoms with E-state index in [4.69, 9.17) is 4.52 Å². The molecule has 0 amide bonds. The maximum atomic E-state index is 12.6. The van der Waals surface area contributed by atoms with E-state index in [0.717, 1.165) is 23.5 Å². The highest BCUT2D eigenvalue weighted by atomic mass is 16.5. The summed E-state index contributed by atoms with van der Waals surface area (Å²) in [6, 6.07) is 8.60. The van der Waals surface area contributed by atoms with Crippen LogP contribution in [0.4, 0.5) is 5.69 Å². The summed E-state index contributed by atoms with van der Waals surface area (Å²) in [6.45, 7) is 4.34. The van der Waals surface area contributed by atoms with Crippen LogP contribution in [-0.2, 0) is 20.6 Å². The Kier molecular flexibility index (Phi) is 3.96. The predicted molar refractivity (Wildman–Crippen MR) is 117 cm³/mol. The topological polar surface area (TPSA) is 104 Å². The molecule has 1 unspecified atom stereocenters. The second kappa shape index (κ2) is 6.65. The SMILES string of the molecule is Cc1cccc(N2C[C@@H]3C(c4noc(Cn5cnc6c5c(=O)n(C)c(=O)n6C)n4)[C@@H]3C2)c1. The number of rotatable bonds is 4. The Morgan fingerprint density at radius 3 is 2.66 bits per heavy atom. The van der Waals surface area contributed by atoms with E-state index in [-0.39, 0.29) is 6.54 Å². The molecular formula is C22H23N7O3. The van der Waals surface area contributed by atoms with Crippen molar-refractivity contribution in [3.05, 3.63) is 68.7 Å². The monoisotopic (exact) mass is 433 g/mol. The molecule has 4 aromatic rings. The van der Waals surface area contributed by atoms with Gasteiger partial charge in [0, 0.05) is 38.8 Å². The fraction of sp³-hybridized carbons (Fsp3) is 0.409. The van der Waals surface area contributed by atoms with Crippen molar-refractivity contribution in [3.8, 4) is 0 Å². The van der Waals surface area contributed by atoms with E-state index in [9.17, 15) is 9.59 Å². The van der Waals surface area contributed by atoms with Crippen molar-refractivity contribution in [2.75, 3.05) is 18.0 Å². The van der Waals surface area contributed by atoms with Gasteiger partial charge in [-0.1, -0.05) is 17.3 Å². The van der Waals surface area contributed by atoms with Gasteiger partial charge in [0.05, 0.1) is 6.33 Å². The lowest BCUT2D eigenvalue weighted by Crippen LogP contribution is -2.37. The molecule has 1 saturated carbocycles. The van der Waals surface area contributed by atoms with Crippen LogP contribution in [0.25, 0.3) is 11.2 Å². The zero-order chi connectivity index (χ0) is 22.1. The number of benzene rings is 1. The smallest absolute Gasteiger partial charge is 0.332 e. The van der Waals surface area contributed by atoms with Gasteiger partial charge in [-0.05, 0) is 36.5 Å². The minimum atomic E-state index is -0.409. The highest BCUT2D eigenvalue weighted by Crippen LogP contribution is 2.57. The summed E-state index contributed by atoms with van der Waals surface area (Å²) in [5, 5.41) is 4.23. The first-order valence-corrected chi connectivity index (χ1v) is 10.7. The Balaban J connectivity index is 1.20. The number of hydrogen-bond donors (Lipinski definition) is 0. The minimum Gasteiger partial charge on any atom is -0.371 e. The highest BCUT2D eigenvalue weighted by molar-refractivity contribution is 5.70. The molecule has 0 radical (unpaired) electrons. The maximum Gasteiger partial charge on any atom is 0.332 e. The van der Waals surface area contributed by atoms with Gasteiger partial charge in [0.1, 0.15) is 6.54 Å². The molecule has 1 aliphatic carbocycles. The van der Waals surface area contributed by atoms with Gasteiger partial charge in [-0.2, -0.15) is 4.98 Å². The molecule has 6 rings (SSSR count). The number of piperidine rings is 1. The van der Waals surface area contributed by atoms with Crippen molar-refractivity contribution < 1.29 is 4.52 Å². The van der Waals surface area contributed by atoms with E-state index in [1.54, 1.807) is 11.6 Å². The molecule has 1 aliphatic heterocycles. The zero-order valence-electron chi connectivity index (χ0n) is 18.1. The lowest BCUT2D eigenvalue weighted by atomic mass is 10.2.